The summed E-state index contributed by atoms with van der Waals surface area (Å²) >= 11 is 0. The van der Waals surface area contributed by atoms with Crippen molar-refractivity contribution in [1.29, 1.82) is 0 Å². The van der Waals surface area contributed by atoms with E-state index in [1.807, 2.05) is 0 Å². The van der Waals surface area contributed by atoms with Gasteiger partial charge < -0.3 is 26.8 Å². The Morgan fingerprint density at radius 3 is 1.38 bits per heavy atom. The number of nitrogen functional groups attached to an aromatic ring is 2. The van der Waals surface area contributed by atoms with Gasteiger partial charge in [0.1, 0.15) is 0 Å². The van der Waals surface area contributed by atoms with Gasteiger partial charge in [-0.2, -0.15) is 0 Å². The number of hydrogen-bond donors (Lipinski definition) is 5. The molecule has 0 saturated heterocycles. The monoisotopic (exact) mass is 228 g/mol. The lowest BCUT2D eigenvalue weighted by atomic mass is 10.2. The first-order chi connectivity index (χ1) is 5.04. The van der Waals surface area contributed by atoms with Crippen LogP contribution in [0.3, 0.4) is 0 Å². The van der Waals surface area contributed by atoms with Crippen LogP contribution >= 0.6 is 24.8 Å². The first-order valence-electron chi connectivity index (χ1n) is 2.83. The average Bonchev–Trinajstić information content (AvgIpc) is 1.97. The van der Waals surface area contributed by atoms with Crippen LogP contribution in [0.4, 0.5) is 11.4 Å². The molecular formula is C6H10Cl2N2O3. The fraction of sp³-hybridized carbons (Fsp3) is 0. The normalized spacial score (nSPS) is 8.31. The Labute approximate surface area is 86.8 Å². The van der Waals surface area contributed by atoms with Gasteiger partial charge in [0, 0.05) is 0 Å². The van der Waals surface area contributed by atoms with Gasteiger partial charge in [0.2, 0.25) is 5.75 Å². The van der Waals surface area contributed by atoms with Crippen molar-refractivity contribution >= 4 is 36.2 Å². The van der Waals surface area contributed by atoms with Crippen molar-refractivity contribution < 1.29 is 15.3 Å². The van der Waals surface area contributed by atoms with Gasteiger partial charge in [0.25, 0.3) is 0 Å². The summed E-state index contributed by atoms with van der Waals surface area (Å²) in [5.74, 6) is -1.81. The molecule has 0 aliphatic rings. The van der Waals surface area contributed by atoms with Gasteiger partial charge in [-0.3, -0.25) is 0 Å². The SMILES string of the molecule is Cl.Cl.Nc1cc(N)c(O)c(O)c1O. The van der Waals surface area contributed by atoms with E-state index in [2.05, 4.69) is 0 Å². The molecule has 5 nitrogen and oxygen atoms in total. The number of phenolic OH excluding ortho intramolecular Hbond substituents is 3. The van der Waals surface area contributed by atoms with E-state index in [1.54, 1.807) is 0 Å². The molecule has 0 aromatic heterocycles. The number of benzene rings is 1. The zero-order valence-corrected chi connectivity index (χ0v) is 8.02. The predicted octanol–water partition coefficient (Wildman–Crippen LogP) is 0.811. The second-order valence-electron chi connectivity index (χ2n) is 2.10. The Morgan fingerprint density at radius 1 is 0.769 bits per heavy atom. The standard InChI is InChI=1S/C6H8N2O3.2ClH/c7-2-1-3(8)5(10)6(11)4(2)9;;/h1,9-11H,7-8H2;2*1H. The molecule has 0 aliphatic heterocycles. The molecule has 0 aliphatic carbocycles. The van der Waals surface area contributed by atoms with Crippen LogP contribution in [-0.2, 0) is 0 Å². The van der Waals surface area contributed by atoms with Crippen LogP contribution in [0.15, 0.2) is 6.07 Å². The molecule has 0 amide bonds. The topological polar surface area (TPSA) is 113 Å². The molecule has 7 heteroatoms. The minimum Gasteiger partial charge on any atom is -0.503 e. The Kier molecular flexibility index (Phi) is 5.22. The highest BCUT2D eigenvalue weighted by Crippen LogP contribution is 2.42. The largest absolute Gasteiger partial charge is 0.503 e. The maximum Gasteiger partial charge on any atom is 0.204 e. The van der Waals surface area contributed by atoms with Crippen molar-refractivity contribution in [2.24, 2.45) is 0 Å². The molecule has 0 spiro atoms. The first kappa shape index (κ1) is 14.3. The Balaban J connectivity index is 0. The van der Waals surface area contributed by atoms with Crippen LogP contribution in [0.2, 0.25) is 0 Å². The second kappa shape index (κ2) is 4.74. The Bertz CT molecular complexity index is 280. The highest BCUT2D eigenvalue weighted by atomic mass is 35.5. The van der Waals surface area contributed by atoms with Gasteiger partial charge >= 0.3 is 0 Å². The van der Waals surface area contributed by atoms with E-state index in [1.165, 1.54) is 0 Å². The highest BCUT2D eigenvalue weighted by Gasteiger charge is 2.12. The van der Waals surface area contributed by atoms with Crippen LogP contribution in [0, 0.1) is 0 Å². The van der Waals surface area contributed by atoms with Crippen molar-refractivity contribution in [3.05, 3.63) is 6.07 Å². The first-order valence-corrected chi connectivity index (χ1v) is 2.83. The van der Waals surface area contributed by atoms with Gasteiger partial charge in [0.15, 0.2) is 11.5 Å². The zero-order chi connectivity index (χ0) is 8.59. The van der Waals surface area contributed by atoms with E-state index in [0.29, 0.717) is 0 Å². The number of halogens is 2. The molecule has 76 valence electrons. The van der Waals surface area contributed by atoms with Gasteiger partial charge in [-0.05, 0) is 6.07 Å². The van der Waals surface area contributed by atoms with Gasteiger partial charge in [0.05, 0.1) is 11.4 Å². The van der Waals surface area contributed by atoms with Crippen LogP contribution in [0.5, 0.6) is 17.2 Å². The molecule has 7 N–H and O–H groups in total. The molecule has 0 fully saturated rings. The fourth-order valence-corrected chi connectivity index (χ4v) is 0.690. The van der Waals surface area contributed by atoms with Crippen molar-refractivity contribution in [1.82, 2.24) is 0 Å². The van der Waals surface area contributed by atoms with Crippen molar-refractivity contribution in [3.63, 3.8) is 0 Å². The number of aromatic hydroxyl groups is 3. The zero-order valence-electron chi connectivity index (χ0n) is 6.39. The third-order valence-corrected chi connectivity index (χ3v) is 1.31. The summed E-state index contributed by atoms with van der Waals surface area (Å²) in [5.41, 5.74) is 10.2. The lowest BCUT2D eigenvalue weighted by Crippen LogP contribution is -1.91. The van der Waals surface area contributed by atoms with Crippen molar-refractivity contribution in [2.75, 3.05) is 11.5 Å². The summed E-state index contributed by atoms with van der Waals surface area (Å²) in [6, 6.07) is 1.16. The van der Waals surface area contributed by atoms with Gasteiger partial charge in [-0.15, -0.1) is 24.8 Å². The van der Waals surface area contributed by atoms with E-state index in [0.717, 1.165) is 6.07 Å². The summed E-state index contributed by atoms with van der Waals surface area (Å²) in [7, 11) is 0. The molecule has 13 heavy (non-hydrogen) atoms. The Hall–Kier alpha value is -1.20. The summed E-state index contributed by atoms with van der Waals surface area (Å²) < 4.78 is 0. The third-order valence-electron chi connectivity index (χ3n) is 1.31. The van der Waals surface area contributed by atoms with Gasteiger partial charge in [-0.25, -0.2) is 0 Å². The molecule has 0 radical (unpaired) electrons. The molecular weight excluding hydrogens is 219 g/mol. The maximum absolute atomic E-state index is 8.92. The number of hydrogen-bond acceptors (Lipinski definition) is 5. The van der Waals surface area contributed by atoms with Gasteiger partial charge in [-0.1, -0.05) is 0 Å². The molecule has 0 atom stereocenters. The van der Waals surface area contributed by atoms with Crippen LogP contribution in [-0.4, -0.2) is 15.3 Å². The van der Waals surface area contributed by atoms with Crippen LogP contribution < -0.4 is 11.5 Å². The molecule has 0 unspecified atom stereocenters. The average molecular weight is 229 g/mol. The van der Waals surface area contributed by atoms with E-state index in [-0.39, 0.29) is 36.2 Å². The summed E-state index contributed by atoms with van der Waals surface area (Å²) in [6.07, 6.45) is 0. The molecule has 0 heterocycles. The smallest absolute Gasteiger partial charge is 0.204 e. The molecule has 0 bridgehead atoms. The van der Waals surface area contributed by atoms with E-state index in [9.17, 15) is 0 Å². The van der Waals surface area contributed by atoms with E-state index < -0.39 is 17.2 Å². The van der Waals surface area contributed by atoms with E-state index >= 15 is 0 Å². The molecule has 1 aromatic rings. The highest BCUT2D eigenvalue weighted by molar-refractivity contribution is 5.85. The van der Waals surface area contributed by atoms with Crippen molar-refractivity contribution in [3.8, 4) is 17.2 Å². The third kappa shape index (κ3) is 2.37. The summed E-state index contributed by atoms with van der Waals surface area (Å²) in [6.45, 7) is 0. The van der Waals surface area contributed by atoms with Crippen LogP contribution in [0.1, 0.15) is 0 Å². The van der Waals surface area contributed by atoms with Crippen molar-refractivity contribution in [2.45, 2.75) is 0 Å². The lowest BCUT2D eigenvalue weighted by molar-refractivity contribution is 0.370. The number of anilines is 2. The summed E-state index contributed by atoms with van der Waals surface area (Å²) in [5, 5.41) is 26.8. The maximum atomic E-state index is 8.92. The minimum atomic E-state index is -0.692. The fourth-order valence-electron chi connectivity index (χ4n) is 0.690. The number of phenols is 3. The quantitative estimate of drug-likeness (QED) is 0.256. The van der Waals surface area contributed by atoms with Crippen LogP contribution in [0.25, 0.3) is 0 Å². The second-order valence-corrected chi connectivity index (χ2v) is 2.10. The number of rotatable bonds is 0. The minimum absolute atomic E-state index is 0. The lowest BCUT2D eigenvalue weighted by Gasteiger charge is -2.05. The number of nitrogens with two attached hydrogens (primary N) is 2. The molecule has 1 rings (SSSR count). The van der Waals surface area contributed by atoms with E-state index in [4.69, 9.17) is 26.8 Å². The molecule has 1 aromatic carbocycles. The summed E-state index contributed by atoms with van der Waals surface area (Å²) in [4.78, 5) is 0. The Morgan fingerprint density at radius 2 is 1.08 bits per heavy atom. The predicted molar refractivity (Wildman–Crippen MR) is 54.8 cm³/mol. The molecule has 0 saturated carbocycles.